The van der Waals surface area contributed by atoms with E-state index in [0.29, 0.717) is 17.1 Å². The van der Waals surface area contributed by atoms with E-state index in [2.05, 4.69) is 20.7 Å². The summed E-state index contributed by atoms with van der Waals surface area (Å²) in [5.74, 6) is 1.80. The first kappa shape index (κ1) is 16.7. The Balaban J connectivity index is 1.78. The molecule has 3 aromatic rings. The highest BCUT2D eigenvalue weighted by atomic mass is 32.2. The zero-order valence-electron chi connectivity index (χ0n) is 13.8. The van der Waals surface area contributed by atoms with Crippen molar-refractivity contribution in [1.82, 2.24) is 19.9 Å². The highest BCUT2D eigenvalue weighted by Gasteiger charge is 2.19. The van der Waals surface area contributed by atoms with Crippen LogP contribution in [-0.4, -0.2) is 38.5 Å². The number of Topliss-reactive ketones (excluding diaryl/α,β-unsaturated/α-hetero) is 1. The predicted molar refractivity (Wildman–Crippen MR) is 94.6 cm³/mol. The molecule has 0 aliphatic carbocycles. The van der Waals surface area contributed by atoms with Crippen molar-refractivity contribution < 1.29 is 9.32 Å². The number of ketones is 1. The molecule has 3 rings (SSSR count). The van der Waals surface area contributed by atoms with Gasteiger partial charge < -0.3 is 9.84 Å². The first-order valence-electron chi connectivity index (χ1n) is 7.29. The predicted octanol–water partition coefficient (Wildman–Crippen LogP) is 3.26. The van der Waals surface area contributed by atoms with Gasteiger partial charge in [0.1, 0.15) is 5.76 Å². The van der Waals surface area contributed by atoms with Gasteiger partial charge in [0.15, 0.2) is 15.9 Å². The number of hydrogen-bond acceptors (Lipinski definition) is 8. The molecule has 7 nitrogen and oxygen atoms in total. The van der Waals surface area contributed by atoms with Crippen molar-refractivity contribution in [2.75, 3.05) is 18.1 Å². The Labute approximate surface area is 147 Å². The summed E-state index contributed by atoms with van der Waals surface area (Å²) in [5, 5.41) is 15.7. The monoisotopic (exact) mass is 363 g/mol. The lowest BCUT2D eigenvalue weighted by Gasteiger charge is -2.04. The zero-order valence-corrected chi connectivity index (χ0v) is 15.4. The average molecular weight is 363 g/mol. The summed E-state index contributed by atoms with van der Waals surface area (Å²) in [5.41, 5.74) is 2.50. The SMILES string of the molecule is CNc1nnc(SCC(=O)c2cc(C)n(-c3cc(C)on3)c2C)s1. The minimum Gasteiger partial charge on any atom is -0.363 e. The fraction of sp³-hybridized carbons (Fsp3) is 0.333. The number of hydrogen-bond donors (Lipinski definition) is 1. The number of aryl methyl sites for hydroxylation is 2. The molecular weight excluding hydrogens is 346 g/mol. The van der Waals surface area contributed by atoms with Crippen LogP contribution in [0.15, 0.2) is 21.0 Å². The molecule has 0 bridgehead atoms. The fourth-order valence-corrected chi connectivity index (χ4v) is 4.02. The van der Waals surface area contributed by atoms with Gasteiger partial charge in [0, 0.05) is 30.1 Å². The molecule has 0 spiro atoms. The summed E-state index contributed by atoms with van der Waals surface area (Å²) in [4.78, 5) is 12.6. The Morgan fingerprint density at radius 3 is 2.75 bits per heavy atom. The Morgan fingerprint density at radius 2 is 2.12 bits per heavy atom. The molecule has 0 aliphatic heterocycles. The molecule has 126 valence electrons. The minimum absolute atomic E-state index is 0.0563. The quantitative estimate of drug-likeness (QED) is 0.531. The van der Waals surface area contributed by atoms with Gasteiger partial charge in [-0.3, -0.25) is 9.36 Å². The first-order chi connectivity index (χ1) is 11.5. The highest BCUT2D eigenvalue weighted by molar-refractivity contribution is 8.01. The molecule has 1 N–H and O–H groups in total. The summed E-state index contributed by atoms with van der Waals surface area (Å²) in [6.07, 6.45) is 0. The van der Waals surface area contributed by atoms with E-state index in [1.807, 2.05) is 37.5 Å². The van der Waals surface area contributed by atoms with Crippen LogP contribution in [0.5, 0.6) is 0 Å². The molecule has 0 fully saturated rings. The van der Waals surface area contributed by atoms with E-state index in [0.717, 1.165) is 26.6 Å². The number of carbonyl (C=O) groups excluding carboxylic acids is 1. The van der Waals surface area contributed by atoms with E-state index in [9.17, 15) is 4.79 Å². The Morgan fingerprint density at radius 1 is 1.33 bits per heavy atom. The minimum atomic E-state index is 0.0563. The van der Waals surface area contributed by atoms with Gasteiger partial charge in [-0.2, -0.15) is 0 Å². The molecule has 3 aromatic heterocycles. The van der Waals surface area contributed by atoms with E-state index in [4.69, 9.17) is 4.52 Å². The van der Waals surface area contributed by atoms with Crippen LogP contribution in [-0.2, 0) is 0 Å². The topological polar surface area (TPSA) is 85.8 Å². The van der Waals surface area contributed by atoms with Gasteiger partial charge in [0.25, 0.3) is 0 Å². The second-order valence-electron chi connectivity index (χ2n) is 5.25. The highest BCUT2D eigenvalue weighted by Crippen LogP contribution is 2.27. The Bertz CT molecular complexity index is 880. The van der Waals surface area contributed by atoms with Crippen molar-refractivity contribution in [1.29, 1.82) is 0 Å². The number of aromatic nitrogens is 4. The average Bonchev–Trinajstić information content (AvgIpc) is 3.25. The van der Waals surface area contributed by atoms with Gasteiger partial charge in [-0.05, 0) is 26.8 Å². The molecular formula is C15H17N5O2S2. The summed E-state index contributed by atoms with van der Waals surface area (Å²) in [6, 6.07) is 3.74. The third kappa shape index (κ3) is 3.22. The molecule has 0 atom stereocenters. The third-order valence-corrected chi connectivity index (χ3v) is 5.60. The van der Waals surface area contributed by atoms with Gasteiger partial charge >= 0.3 is 0 Å². The van der Waals surface area contributed by atoms with E-state index < -0.39 is 0 Å². The molecule has 3 heterocycles. The van der Waals surface area contributed by atoms with Gasteiger partial charge in [-0.25, -0.2) is 0 Å². The van der Waals surface area contributed by atoms with E-state index in [1.165, 1.54) is 23.1 Å². The molecule has 0 aliphatic rings. The summed E-state index contributed by atoms with van der Waals surface area (Å²) >= 11 is 2.83. The standard InChI is InChI=1S/C15H17N5O2S2/c1-8-5-11(10(3)20(8)13-6-9(2)22-19-13)12(21)7-23-15-18-17-14(16-4)24-15/h5-6H,7H2,1-4H3,(H,16,17). The normalized spacial score (nSPS) is 11.0. The lowest BCUT2D eigenvalue weighted by atomic mass is 10.2. The van der Waals surface area contributed by atoms with Crippen LogP contribution in [0.4, 0.5) is 5.13 Å². The maximum atomic E-state index is 12.6. The van der Waals surface area contributed by atoms with Crippen LogP contribution in [0.1, 0.15) is 27.5 Å². The van der Waals surface area contributed by atoms with Crippen molar-refractivity contribution >= 4 is 34.0 Å². The number of anilines is 1. The fourth-order valence-electron chi connectivity index (χ4n) is 2.43. The second-order valence-corrected chi connectivity index (χ2v) is 7.45. The van der Waals surface area contributed by atoms with Crippen LogP contribution in [0.3, 0.4) is 0 Å². The van der Waals surface area contributed by atoms with Crippen LogP contribution >= 0.6 is 23.1 Å². The number of rotatable bonds is 6. The van der Waals surface area contributed by atoms with E-state index in [1.54, 1.807) is 7.05 Å². The lowest BCUT2D eigenvalue weighted by molar-refractivity contribution is 0.102. The van der Waals surface area contributed by atoms with Gasteiger partial charge in [-0.1, -0.05) is 28.3 Å². The summed E-state index contributed by atoms with van der Waals surface area (Å²) in [7, 11) is 1.79. The molecule has 0 aromatic carbocycles. The molecule has 0 amide bonds. The van der Waals surface area contributed by atoms with Crippen molar-refractivity contribution in [3.05, 3.63) is 34.8 Å². The van der Waals surface area contributed by atoms with Crippen LogP contribution in [0.2, 0.25) is 0 Å². The summed E-state index contributed by atoms with van der Waals surface area (Å²) in [6.45, 7) is 5.71. The first-order valence-corrected chi connectivity index (χ1v) is 9.09. The number of carbonyl (C=O) groups is 1. The van der Waals surface area contributed by atoms with E-state index >= 15 is 0 Å². The van der Waals surface area contributed by atoms with Crippen LogP contribution < -0.4 is 5.32 Å². The maximum Gasteiger partial charge on any atom is 0.206 e. The lowest BCUT2D eigenvalue weighted by Crippen LogP contribution is -2.05. The van der Waals surface area contributed by atoms with Crippen molar-refractivity contribution in [2.24, 2.45) is 0 Å². The zero-order chi connectivity index (χ0) is 17.3. The molecule has 0 saturated carbocycles. The Kier molecular flexibility index (Phi) is 4.72. The molecule has 9 heteroatoms. The number of nitrogens with one attached hydrogen (secondary N) is 1. The van der Waals surface area contributed by atoms with E-state index in [-0.39, 0.29) is 5.78 Å². The number of thioether (sulfide) groups is 1. The molecule has 0 saturated heterocycles. The maximum absolute atomic E-state index is 12.6. The van der Waals surface area contributed by atoms with Crippen molar-refractivity contribution in [3.63, 3.8) is 0 Å². The third-order valence-electron chi connectivity index (χ3n) is 3.52. The summed E-state index contributed by atoms with van der Waals surface area (Å²) < 4.78 is 7.84. The van der Waals surface area contributed by atoms with Gasteiger partial charge in [-0.15, -0.1) is 10.2 Å². The van der Waals surface area contributed by atoms with Crippen molar-refractivity contribution in [2.45, 2.75) is 25.1 Å². The van der Waals surface area contributed by atoms with Crippen molar-refractivity contribution in [3.8, 4) is 5.82 Å². The van der Waals surface area contributed by atoms with Gasteiger partial charge in [0.2, 0.25) is 5.13 Å². The van der Waals surface area contributed by atoms with Crippen LogP contribution in [0, 0.1) is 20.8 Å². The smallest absolute Gasteiger partial charge is 0.206 e. The molecule has 0 unspecified atom stereocenters. The van der Waals surface area contributed by atoms with Gasteiger partial charge in [0.05, 0.1) is 5.75 Å². The molecule has 24 heavy (non-hydrogen) atoms. The molecule has 0 radical (unpaired) electrons. The largest absolute Gasteiger partial charge is 0.363 e. The van der Waals surface area contributed by atoms with Crippen LogP contribution in [0.25, 0.3) is 5.82 Å². The number of nitrogens with zero attached hydrogens (tertiary/aromatic N) is 4. The second kappa shape index (κ2) is 6.78. The Hall–Kier alpha value is -2.13.